The summed E-state index contributed by atoms with van der Waals surface area (Å²) in [5, 5.41) is 8.52. The highest BCUT2D eigenvalue weighted by atomic mass is 16.5. The minimum Gasteiger partial charge on any atom is -0.491 e. The van der Waals surface area contributed by atoms with Crippen molar-refractivity contribution < 1.29 is 9.47 Å². The highest BCUT2D eigenvalue weighted by Crippen LogP contribution is 2.19. The fourth-order valence-corrected chi connectivity index (χ4v) is 2.48. The largest absolute Gasteiger partial charge is 0.491 e. The van der Waals surface area contributed by atoms with E-state index in [1.165, 1.54) is 5.56 Å². The summed E-state index contributed by atoms with van der Waals surface area (Å²) in [6, 6.07) is 23.4. The van der Waals surface area contributed by atoms with Crippen molar-refractivity contribution >= 4 is 11.4 Å². The van der Waals surface area contributed by atoms with Crippen molar-refractivity contribution in [2.45, 2.75) is 13.8 Å². The van der Waals surface area contributed by atoms with Crippen LogP contribution < -0.4 is 4.74 Å². The van der Waals surface area contributed by atoms with Gasteiger partial charge in [0.15, 0.2) is 0 Å². The van der Waals surface area contributed by atoms with Gasteiger partial charge in [-0.1, -0.05) is 29.5 Å². The number of ether oxygens (including phenoxy) is 2. The molecule has 3 aromatic carbocycles. The zero-order chi connectivity index (χ0) is 20.3. The van der Waals surface area contributed by atoms with Crippen LogP contribution in [0.3, 0.4) is 0 Å². The van der Waals surface area contributed by atoms with Crippen LogP contribution in [0, 0.1) is 18.8 Å². The first kappa shape index (κ1) is 20.3. The smallest absolute Gasteiger partial charge is 0.119 e. The van der Waals surface area contributed by atoms with Gasteiger partial charge in [0.1, 0.15) is 12.4 Å². The van der Waals surface area contributed by atoms with Gasteiger partial charge in [-0.15, -0.1) is 0 Å². The second kappa shape index (κ2) is 10.8. The number of benzene rings is 3. The number of hydrogen-bond acceptors (Lipinski definition) is 4. The molecule has 3 aromatic rings. The summed E-state index contributed by atoms with van der Waals surface area (Å²) in [5.74, 6) is 7.15. The fraction of sp³-hybridized carbons (Fsp3) is 0.200. The Labute approximate surface area is 172 Å². The van der Waals surface area contributed by atoms with Gasteiger partial charge in [-0.25, -0.2) is 0 Å². The third-order valence-corrected chi connectivity index (χ3v) is 4.09. The van der Waals surface area contributed by atoms with E-state index in [2.05, 4.69) is 22.1 Å². The predicted octanol–water partition coefficient (Wildman–Crippen LogP) is 6.23. The van der Waals surface area contributed by atoms with E-state index in [1.54, 1.807) is 0 Å². The summed E-state index contributed by atoms with van der Waals surface area (Å²) in [7, 11) is 0. The summed E-state index contributed by atoms with van der Waals surface area (Å²) in [6.07, 6.45) is 0. The van der Waals surface area contributed by atoms with Gasteiger partial charge < -0.3 is 9.47 Å². The van der Waals surface area contributed by atoms with Crippen molar-refractivity contribution in [2.75, 3.05) is 19.8 Å². The molecule has 0 bridgehead atoms. The van der Waals surface area contributed by atoms with Crippen molar-refractivity contribution in [1.82, 2.24) is 0 Å². The van der Waals surface area contributed by atoms with Crippen LogP contribution in [0.25, 0.3) is 0 Å². The van der Waals surface area contributed by atoms with Crippen LogP contribution >= 0.6 is 0 Å². The lowest BCUT2D eigenvalue weighted by Crippen LogP contribution is -2.06. The third-order valence-electron chi connectivity index (χ3n) is 4.09. The lowest BCUT2D eigenvalue weighted by molar-refractivity contribution is 0.110. The Morgan fingerprint density at radius 3 is 1.76 bits per heavy atom. The molecular formula is C25H24N2O2. The van der Waals surface area contributed by atoms with Crippen LogP contribution in [0.15, 0.2) is 83.0 Å². The van der Waals surface area contributed by atoms with Crippen molar-refractivity contribution in [3.8, 4) is 17.6 Å². The van der Waals surface area contributed by atoms with E-state index in [0.717, 1.165) is 28.3 Å². The van der Waals surface area contributed by atoms with E-state index in [1.807, 2.05) is 86.6 Å². The first-order valence-electron chi connectivity index (χ1n) is 9.64. The lowest BCUT2D eigenvalue weighted by atomic mass is 10.1. The maximum absolute atomic E-state index is 5.61. The summed E-state index contributed by atoms with van der Waals surface area (Å²) < 4.78 is 10.9. The average Bonchev–Trinajstić information content (AvgIpc) is 2.76. The Hall–Kier alpha value is -3.42. The average molecular weight is 384 g/mol. The highest BCUT2D eigenvalue weighted by molar-refractivity contribution is 5.48. The molecule has 0 amide bonds. The molecule has 0 fully saturated rings. The Morgan fingerprint density at radius 1 is 0.690 bits per heavy atom. The van der Waals surface area contributed by atoms with Crippen molar-refractivity contribution in [1.29, 1.82) is 0 Å². The minimum atomic E-state index is 0.548. The van der Waals surface area contributed by atoms with E-state index in [-0.39, 0.29) is 0 Å². The van der Waals surface area contributed by atoms with Gasteiger partial charge in [-0.2, -0.15) is 10.2 Å². The van der Waals surface area contributed by atoms with Gasteiger partial charge in [-0.3, -0.25) is 0 Å². The second-order valence-corrected chi connectivity index (χ2v) is 6.40. The molecule has 0 heterocycles. The maximum atomic E-state index is 5.61. The standard InChI is InChI=1S/C25H24N2O2/c1-3-28-18-19-29-25-16-10-22(11-17-25)7-6-21-8-14-24(15-9-21)27-26-23-12-4-20(2)5-13-23/h4-5,8-17H,3,18-19H2,1-2H3. The van der Waals surface area contributed by atoms with Crippen LogP contribution in [-0.4, -0.2) is 19.8 Å². The summed E-state index contributed by atoms with van der Waals surface area (Å²) in [4.78, 5) is 0. The van der Waals surface area contributed by atoms with Crippen molar-refractivity contribution in [3.63, 3.8) is 0 Å². The molecule has 3 rings (SSSR count). The molecule has 146 valence electrons. The van der Waals surface area contributed by atoms with Crippen molar-refractivity contribution in [2.24, 2.45) is 10.2 Å². The first-order chi connectivity index (χ1) is 14.2. The highest BCUT2D eigenvalue weighted by Gasteiger charge is 1.95. The quantitative estimate of drug-likeness (QED) is 0.275. The molecule has 4 nitrogen and oxygen atoms in total. The molecule has 0 radical (unpaired) electrons. The topological polar surface area (TPSA) is 43.2 Å². The molecule has 0 aliphatic rings. The van der Waals surface area contributed by atoms with Gasteiger partial charge in [0.2, 0.25) is 0 Å². The zero-order valence-corrected chi connectivity index (χ0v) is 16.8. The van der Waals surface area contributed by atoms with Crippen molar-refractivity contribution in [3.05, 3.63) is 89.5 Å². The first-order valence-corrected chi connectivity index (χ1v) is 9.64. The Balaban J connectivity index is 1.56. The Morgan fingerprint density at radius 2 is 1.21 bits per heavy atom. The summed E-state index contributed by atoms with van der Waals surface area (Å²) >= 11 is 0. The molecule has 4 heteroatoms. The number of nitrogens with zero attached hydrogens (tertiary/aromatic N) is 2. The van der Waals surface area contributed by atoms with Crippen LogP contribution in [-0.2, 0) is 4.74 Å². The van der Waals surface area contributed by atoms with E-state index < -0.39 is 0 Å². The Kier molecular flexibility index (Phi) is 7.56. The van der Waals surface area contributed by atoms with E-state index in [4.69, 9.17) is 9.47 Å². The minimum absolute atomic E-state index is 0.548. The molecule has 0 N–H and O–H groups in total. The van der Waals surface area contributed by atoms with E-state index in [9.17, 15) is 0 Å². The van der Waals surface area contributed by atoms with E-state index in [0.29, 0.717) is 19.8 Å². The number of aryl methyl sites for hydroxylation is 1. The summed E-state index contributed by atoms with van der Waals surface area (Å²) in [5.41, 5.74) is 4.70. The van der Waals surface area contributed by atoms with Gasteiger partial charge in [0.25, 0.3) is 0 Å². The normalized spacial score (nSPS) is 10.6. The zero-order valence-electron chi connectivity index (χ0n) is 16.8. The third kappa shape index (κ3) is 6.91. The summed E-state index contributed by atoms with van der Waals surface area (Å²) in [6.45, 7) is 5.86. The van der Waals surface area contributed by atoms with Gasteiger partial charge in [-0.05, 0) is 74.5 Å². The SMILES string of the molecule is CCOCCOc1ccc(C#Cc2ccc(N=Nc3ccc(C)cc3)cc2)cc1. The molecule has 0 saturated heterocycles. The molecule has 0 saturated carbocycles. The molecule has 0 aliphatic carbocycles. The van der Waals surface area contributed by atoms with Gasteiger partial charge >= 0.3 is 0 Å². The molecule has 0 aromatic heterocycles. The molecule has 0 atom stereocenters. The van der Waals surface area contributed by atoms with Crippen LogP contribution in [0.4, 0.5) is 11.4 Å². The molecule has 0 unspecified atom stereocenters. The van der Waals surface area contributed by atoms with Gasteiger partial charge in [0.05, 0.1) is 18.0 Å². The Bertz CT molecular complexity index is 980. The number of azo groups is 1. The maximum Gasteiger partial charge on any atom is 0.119 e. The van der Waals surface area contributed by atoms with Gasteiger partial charge in [0, 0.05) is 17.7 Å². The van der Waals surface area contributed by atoms with Crippen LogP contribution in [0.2, 0.25) is 0 Å². The lowest BCUT2D eigenvalue weighted by Gasteiger charge is -2.05. The molecular weight excluding hydrogens is 360 g/mol. The van der Waals surface area contributed by atoms with Crippen LogP contribution in [0.1, 0.15) is 23.6 Å². The number of hydrogen-bond donors (Lipinski definition) is 0. The fourth-order valence-electron chi connectivity index (χ4n) is 2.48. The monoisotopic (exact) mass is 384 g/mol. The van der Waals surface area contributed by atoms with Crippen LogP contribution in [0.5, 0.6) is 5.75 Å². The molecule has 0 spiro atoms. The predicted molar refractivity (Wildman–Crippen MR) is 116 cm³/mol. The second-order valence-electron chi connectivity index (χ2n) is 6.40. The van der Waals surface area contributed by atoms with E-state index >= 15 is 0 Å². The number of rotatable bonds is 7. The molecule has 0 aliphatic heterocycles. The molecule has 29 heavy (non-hydrogen) atoms.